The summed E-state index contributed by atoms with van der Waals surface area (Å²) in [5.74, 6) is -1.41. The van der Waals surface area contributed by atoms with Crippen LogP contribution in [0.2, 0.25) is 0 Å². The van der Waals surface area contributed by atoms with E-state index in [1.165, 1.54) is 13.3 Å². The third kappa shape index (κ3) is 2.99. The topological polar surface area (TPSA) is 106 Å². The highest BCUT2D eigenvalue weighted by Crippen LogP contribution is 2.52. The monoisotopic (exact) mass is 448 g/mol. The van der Waals surface area contributed by atoms with Gasteiger partial charge in [-0.25, -0.2) is 4.79 Å². The molecule has 2 bridgehead atoms. The van der Waals surface area contributed by atoms with Gasteiger partial charge in [0, 0.05) is 10.0 Å². The highest BCUT2D eigenvalue weighted by molar-refractivity contribution is 9.10. The first kappa shape index (κ1) is 18.7. The van der Waals surface area contributed by atoms with Crippen molar-refractivity contribution in [3.63, 3.8) is 0 Å². The number of allylic oxidation sites excluding steroid dienone is 2. The number of carboxylic acids is 1. The van der Waals surface area contributed by atoms with Gasteiger partial charge in [-0.15, -0.1) is 0 Å². The van der Waals surface area contributed by atoms with Crippen molar-refractivity contribution in [3.05, 3.63) is 34.3 Å². The summed E-state index contributed by atoms with van der Waals surface area (Å²) in [4.78, 5) is 36.0. The van der Waals surface area contributed by atoms with Crippen LogP contribution in [0.5, 0.6) is 11.5 Å². The number of carboxylic acid groups (broad SMARTS) is 1. The first-order valence-corrected chi connectivity index (χ1v) is 9.52. The van der Waals surface area contributed by atoms with E-state index in [0.29, 0.717) is 15.8 Å². The SMILES string of the molecule is COc1cc(C=NN2C(=O)C3C4C=CC(C4)C3C2=O)c(Br)cc1OCC(=O)O. The number of hydrogen-bond acceptors (Lipinski definition) is 6. The standard InChI is InChI=1S/C19H17BrN2O6/c1-27-13-5-11(12(20)6-14(13)28-8-15(23)24)7-21-22-18(25)16-9-2-3-10(4-9)17(16)19(22)26/h2-3,5-7,9-10,16-17H,4,8H2,1H3,(H,23,24). The lowest BCUT2D eigenvalue weighted by molar-refractivity contribution is -0.141. The molecule has 0 radical (unpaired) electrons. The molecule has 28 heavy (non-hydrogen) atoms. The minimum absolute atomic E-state index is 0.129. The first-order chi connectivity index (χ1) is 13.4. The molecule has 1 saturated carbocycles. The second-order valence-electron chi connectivity index (χ2n) is 6.94. The average molecular weight is 449 g/mol. The summed E-state index contributed by atoms with van der Waals surface area (Å²) >= 11 is 3.36. The number of fused-ring (bicyclic) bond motifs is 5. The fraction of sp³-hybridized carbons (Fsp3) is 0.368. The molecule has 2 amide bonds. The van der Waals surface area contributed by atoms with Crippen LogP contribution in [0.15, 0.2) is 33.9 Å². The summed E-state index contributed by atoms with van der Waals surface area (Å²) in [6, 6.07) is 3.14. The lowest BCUT2D eigenvalue weighted by Gasteiger charge is -2.13. The van der Waals surface area contributed by atoms with E-state index in [1.807, 2.05) is 12.2 Å². The van der Waals surface area contributed by atoms with Gasteiger partial charge in [-0.05, 0) is 46.3 Å². The third-order valence-electron chi connectivity index (χ3n) is 5.39. The maximum absolute atomic E-state index is 12.7. The van der Waals surface area contributed by atoms with Gasteiger partial charge < -0.3 is 14.6 Å². The Morgan fingerprint density at radius 2 is 1.89 bits per heavy atom. The van der Waals surface area contributed by atoms with E-state index in [1.54, 1.807) is 12.1 Å². The maximum Gasteiger partial charge on any atom is 0.341 e. The van der Waals surface area contributed by atoms with Crippen LogP contribution in [0.25, 0.3) is 0 Å². The van der Waals surface area contributed by atoms with Crippen molar-refractivity contribution in [3.8, 4) is 11.5 Å². The molecule has 2 aliphatic carbocycles. The molecule has 0 aromatic heterocycles. The molecule has 1 saturated heterocycles. The lowest BCUT2D eigenvalue weighted by atomic mass is 9.85. The van der Waals surface area contributed by atoms with Gasteiger partial charge in [0.05, 0.1) is 25.2 Å². The number of benzene rings is 1. The molecule has 9 heteroatoms. The minimum Gasteiger partial charge on any atom is -0.493 e. The molecular formula is C19H17BrN2O6. The van der Waals surface area contributed by atoms with Crippen LogP contribution in [-0.2, 0) is 14.4 Å². The van der Waals surface area contributed by atoms with E-state index in [0.717, 1.165) is 11.4 Å². The number of carbonyl (C=O) groups is 3. The van der Waals surface area contributed by atoms with Crippen LogP contribution in [0.1, 0.15) is 12.0 Å². The van der Waals surface area contributed by atoms with Crippen molar-refractivity contribution in [1.29, 1.82) is 0 Å². The summed E-state index contributed by atoms with van der Waals surface area (Å²) < 4.78 is 11.0. The number of hydrogen-bond donors (Lipinski definition) is 1. The summed E-state index contributed by atoms with van der Waals surface area (Å²) in [6.07, 6.45) is 6.33. The average Bonchev–Trinajstić information content (AvgIpc) is 3.34. The van der Waals surface area contributed by atoms with Gasteiger partial charge in [-0.1, -0.05) is 12.2 Å². The van der Waals surface area contributed by atoms with Crippen molar-refractivity contribution in [2.75, 3.05) is 13.7 Å². The van der Waals surface area contributed by atoms with E-state index in [4.69, 9.17) is 14.6 Å². The molecule has 3 aliphatic rings. The molecule has 1 heterocycles. The predicted molar refractivity (Wildman–Crippen MR) is 101 cm³/mol. The molecule has 4 unspecified atom stereocenters. The fourth-order valence-corrected chi connectivity index (χ4v) is 4.61. The Kier molecular flexibility index (Phi) is 4.70. The van der Waals surface area contributed by atoms with Crippen LogP contribution in [0, 0.1) is 23.7 Å². The number of amides is 2. The minimum atomic E-state index is -1.11. The first-order valence-electron chi connectivity index (χ1n) is 8.73. The number of ether oxygens (including phenoxy) is 2. The zero-order chi connectivity index (χ0) is 20.0. The summed E-state index contributed by atoms with van der Waals surface area (Å²) in [5, 5.41) is 13.9. The molecule has 4 rings (SSSR count). The van der Waals surface area contributed by atoms with E-state index < -0.39 is 12.6 Å². The molecule has 8 nitrogen and oxygen atoms in total. The fourth-order valence-electron chi connectivity index (χ4n) is 4.18. The number of rotatable bonds is 6. The van der Waals surface area contributed by atoms with Gasteiger partial charge in [0.25, 0.3) is 11.8 Å². The highest BCUT2D eigenvalue weighted by atomic mass is 79.9. The molecular weight excluding hydrogens is 432 g/mol. The van der Waals surface area contributed by atoms with E-state index in [-0.39, 0.29) is 41.2 Å². The number of nitrogens with zero attached hydrogens (tertiary/aromatic N) is 2. The van der Waals surface area contributed by atoms with Crippen LogP contribution >= 0.6 is 15.9 Å². The summed E-state index contributed by atoms with van der Waals surface area (Å²) in [7, 11) is 1.43. The van der Waals surface area contributed by atoms with E-state index >= 15 is 0 Å². The predicted octanol–water partition coefficient (Wildman–Crippen LogP) is 2.06. The molecule has 2 fully saturated rings. The quantitative estimate of drug-likeness (QED) is 0.405. The Labute approximate surface area is 168 Å². The van der Waals surface area contributed by atoms with Gasteiger partial charge in [-0.3, -0.25) is 9.59 Å². The van der Waals surface area contributed by atoms with E-state index in [2.05, 4.69) is 21.0 Å². The molecule has 0 spiro atoms. The largest absolute Gasteiger partial charge is 0.493 e. The molecule has 4 atom stereocenters. The second kappa shape index (κ2) is 7.05. The Morgan fingerprint density at radius 3 is 2.46 bits per heavy atom. The smallest absolute Gasteiger partial charge is 0.341 e. The second-order valence-corrected chi connectivity index (χ2v) is 7.79. The van der Waals surface area contributed by atoms with E-state index in [9.17, 15) is 14.4 Å². The highest BCUT2D eigenvalue weighted by Gasteiger charge is 2.59. The van der Waals surface area contributed by atoms with Crippen molar-refractivity contribution in [2.45, 2.75) is 6.42 Å². The normalized spacial score (nSPS) is 27.7. The molecule has 1 aromatic rings. The van der Waals surface area contributed by atoms with Crippen LogP contribution in [0.3, 0.4) is 0 Å². The molecule has 1 aliphatic heterocycles. The Bertz CT molecular complexity index is 897. The summed E-state index contributed by atoms with van der Waals surface area (Å²) in [5.41, 5.74) is 0.554. The zero-order valence-electron chi connectivity index (χ0n) is 14.9. The molecule has 1 N–H and O–H groups in total. The van der Waals surface area contributed by atoms with Gasteiger partial charge in [0.15, 0.2) is 18.1 Å². The number of methoxy groups -OCH3 is 1. The van der Waals surface area contributed by atoms with Crippen LogP contribution in [-0.4, -0.2) is 47.8 Å². The summed E-state index contributed by atoms with van der Waals surface area (Å²) in [6.45, 7) is -0.508. The van der Waals surface area contributed by atoms with Gasteiger partial charge in [0.2, 0.25) is 0 Å². The lowest BCUT2D eigenvalue weighted by Crippen LogP contribution is -2.28. The van der Waals surface area contributed by atoms with Crippen molar-refractivity contribution in [2.24, 2.45) is 28.8 Å². The number of halogens is 1. The van der Waals surface area contributed by atoms with Crippen molar-refractivity contribution >= 4 is 39.9 Å². The Morgan fingerprint density at radius 1 is 1.25 bits per heavy atom. The van der Waals surface area contributed by atoms with Crippen LogP contribution < -0.4 is 9.47 Å². The third-order valence-corrected chi connectivity index (χ3v) is 6.08. The maximum atomic E-state index is 12.7. The van der Waals surface area contributed by atoms with Crippen molar-refractivity contribution in [1.82, 2.24) is 5.01 Å². The Balaban J connectivity index is 1.56. The van der Waals surface area contributed by atoms with Gasteiger partial charge in [0.1, 0.15) is 0 Å². The number of hydrazone groups is 1. The number of aliphatic carboxylic acids is 1. The number of imide groups is 1. The molecule has 146 valence electrons. The zero-order valence-corrected chi connectivity index (χ0v) is 16.5. The van der Waals surface area contributed by atoms with Gasteiger partial charge >= 0.3 is 5.97 Å². The van der Waals surface area contributed by atoms with Crippen molar-refractivity contribution < 1.29 is 29.0 Å². The Hall–Kier alpha value is -2.68. The number of carbonyl (C=O) groups excluding carboxylic acids is 2. The molecule has 1 aromatic carbocycles. The van der Waals surface area contributed by atoms with Crippen LogP contribution in [0.4, 0.5) is 0 Å². The van der Waals surface area contributed by atoms with Gasteiger partial charge in [-0.2, -0.15) is 10.1 Å².